The molecular formula is C12H10ClN3O2. The largest absolute Gasteiger partial charge is 0.453 e. The molecule has 0 saturated carbocycles. The third-order valence-electron chi connectivity index (χ3n) is 2.19. The van der Waals surface area contributed by atoms with Crippen LogP contribution in [0.15, 0.2) is 36.7 Å². The Morgan fingerprint density at radius 2 is 2.17 bits per heavy atom. The number of halogens is 1. The fourth-order valence-corrected chi connectivity index (χ4v) is 1.69. The number of nitrogen functional groups attached to an aromatic ring is 1. The minimum Gasteiger partial charge on any atom is -0.453 e. The minimum atomic E-state index is -0.664. The van der Waals surface area contributed by atoms with Gasteiger partial charge < -0.3 is 16.2 Å². The molecule has 2 rings (SSSR count). The molecule has 0 fully saturated rings. The summed E-state index contributed by atoms with van der Waals surface area (Å²) in [6.07, 6.45) is 3.10. The number of ether oxygens (including phenoxy) is 1. The first-order valence-electron chi connectivity index (χ1n) is 5.04. The van der Waals surface area contributed by atoms with E-state index in [0.29, 0.717) is 11.4 Å². The van der Waals surface area contributed by atoms with Gasteiger partial charge in [-0.25, -0.2) is 0 Å². The highest BCUT2D eigenvalue weighted by Crippen LogP contribution is 2.34. The van der Waals surface area contributed by atoms with Crippen LogP contribution in [0.2, 0.25) is 5.02 Å². The summed E-state index contributed by atoms with van der Waals surface area (Å²) in [4.78, 5) is 15.2. The minimum absolute atomic E-state index is 0.129. The fourth-order valence-electron chi connectivity index (χ4n) is 1.43. The predicted molar refractivity (Wildman–Crippen MR) is 68.7 cm³/mol. The first-order chi connectivity index (χ1) is 8.58. The van der Waals surface area contributed by atoms with Crippen LogP contribution in [0.25, 0.3) is 0 Å². The van der Waals surface area contributed by atoms with Crippen LogP contribution in [0.5, 0.6) is 11.5 Å². The number of primary amides is 1. The maximum Gasteiger partial charge on any atom is 0.252 e. The molecule has 1 aromatic carbocycles. The molecule has 0 atom stereocenters. The second-order valence-corrected chi connectivity index (χ2v) is 3.94. The molecule has 5 nitrogen and oxygen atoms in total. The number of anilines is 1. The summed E-state index contributed by atoms with van der Waals surface area (Å²) >= 11 is 6.00. The number of hydrogen-bond donors (Lipinski definition) is 2. The van der Waals surface area contributed by atoms with Gasteiger partial charge in [0, 0.05) is 11.9 Å². The van der Waals surface area contributed by atoms with Crippen LogP contribution < -0.4 is 16.2 Å². The Kier molecular flexibility index (Phi) is 3.34. The van der Waals surface area contributed by atoms with Crippen LogP contribution in [0.4, 0.5) is 5.69 Å². The zero-order valence-corrected chi connectivity index (χ0v) is 10.0. The molecule has 1 heterocycles. The fraction of sp³-hybridized carbons (Fsp3) is 0. The van der Waals surface area contributed by atoms with E-state index in [1.54, 1.807) is 18.3 Å². The molecule has 0 bridgehead atoms. The standard InChI is InChI=1S/C12H10ClN3O2/c13-10-5-7(14)4-9(12(15)17)11(10)18-8-2-1-3-16-6-8/h1-6H,14H2,(H2,15,17). The molecular weight excluding hydrogens is 254 g/mol. The van der Waals surface area contributed by atoms with Gasteiger partial charge in [0.05, 0.1) is 16.8 Å². The quantitative estimate of drug-likeness (QED) is 0.831. The van der Waals surface area contributed by atoms with Crippen molar-refractivity contribution >= 4 is 23.2 Å². The Hall–Kier alpha value is -2.27. The number of benzene rings is 1. The van der Waals surface area contributed by atoms with Crippen molar-refractivity contribution in [2.75, 3.05) is 5.73 Å². The highest BCUT2D eigenvalue weighted by atomic mass is 35.5. The number of hydrogen-bond acceptors (Lipinski definition) is 4. The lowest BCUT2D eigenvalue weighted by molar-refractivity contribution is 0.0998. The monoisotopic (exact) mass is 263 g/mol. The molecule has 0 saturated heterocycles. The van der Waals surface area contributed by atoms with E-state index in [-0.39, 0.29) is 16.3 Å². The van der Waals surface area contributed by atoms with E-state index in [0.717, 1.165) is 0 Å². The normalized spacial score (nSPS) is 10.1. The molecule has 1 amide bonds. The summed E-state index contributed by atoms with van der Waals surface area (Å²) in [5.41, 5.74) is 11.3. The second kappa shape index (κ2) is 4.93. The summed E-state index contributed by atoms with van der Waals surface area (Å²) in [5, 5.41) is 0.215. The van der Waals surface area contributed by atoms with Gasteiger partial charge in [0.1, 0.15) is 5.75 Å². The van der Waals surface area contributed by atoms with E-state index < -0.39 is 5.91 Å². The maximum absolute atomic E-state index is 11.3. The molecule has 4 N–H and O–H groups in total. The Labute approximate surface area is 108 Å². The Morgan fingerprint density at radius 1 is 1.39 bits per heavy atom. The number of carbonyl (C=O) groups is 1. The van der Waals surface area contributed by atoms with Crippen molar-refractivity contribution < 1.29 is 9.53 Å². The molecule has 92 valence electrons. The topological polar surface area (TPSA) is 91.2 Å². The molecule has 0 unspecified atom stereocenters. The van der Waals surface area contributed by atoms with E-state index in [1.807, 2.05) is 0 Å². The molecule has 0 spiro atoms. The number of aromatic nitrogens is 1. The van der Waals surface area contributed by atoms with Gasteiger partial charge in [-0.2, -0.15) is 0 Å². The lowest BCUT2D eigenvalue weighted by atomic mass is 10.1. The smallest absolute Gasteiger partial charge is 0.252 e. The number of amides is 1. The molecule has 0 radical (unpaired) electrons. The predicted octanol–water partition coefficient (Wildman–Crippen LogP) is 2.21. The SMILES string of the molecule is NC(=O)c1cc(N)cc(Cl)c1Oc1cccnc1. The first kappa shape index (κ1) is 12.2. The zero-order chi connectivity index (χ0) is 13.1. The van der Waals surface area contributed by atoms with Gasteiger partial charge >= 0.3 is 0 Å². The van der Waals surface area contributed by atoms with Gasteiger partial charge in [0.2, 0.25) is 0 Å². The van der Waals surface area contributed by atoms with E-state index in [1.165, 1.54) is 18.3 Å². The van der Waals surface area contributed by atoms with Gasteiger partial charge in [0.25, 0.3) is 5.91 Å². The molecule has 0 aliphatic rings. The van der Waals surface area contributed by atoms with Crippen molar-refractivity contribution in [1.29, 1.82) is 0 Å². The average Bonchev–Trinajstić information content (AvgIpc) is 2.33. The number of carbonyl (C=O) groups excluding carboxylic acids is 1. The maximum atomic E-state index is 11.3. The lowest BCUT2D eigenvalue weighted by Gasteiger charge is -2.11. The molecule has 18 heavy (non-hydrogen) atoms. The van der Waals surface area contributed by atoms with Crippen LogP contribution in [-0.2, 0) is 0 Å². The van der Waals surface area contributed by atoms with Crippen LogP contribution in [0, 0.1) is 0 Å². The summed E-state index contributed by atoms with van der Waals surface area (Å²) in [6.45, 7) is 0. The number of pyridine rings is 1. The van der Waals surface area contributed by atoms with Gasteiger partial charge in [0.15, 0.2) is 5.75 Å². The van der Waals surface area contributed by atoms with E-state index in [9.17, 15) is 4.79 Å². The van der Waals surface area contributed by atoms with Gasteiger partial charge in [-0.05, 0) is 24.3 Å². The molecule has 0 aliphatic carbocycles. The summed E-state index contributed by atoms with van der Waals surface area (Å²) in [6, 6.07) is 6.29. The van der Waals surface area contributed by atoms with E-state index in [4.69, 9.17) is 27.8 Å². The molecule has 6 heteroatoms. The van der Waals surface area contributed by atoms with Crippen molar-refractivity contribution in [2.45, 2.75) is 0 Å². The van der Waals surface area contributed by atoms with Crippen molar-refractivity contribution in [3.05, 3.63) is 47.2 Å². The van der Waals surface area contributed by atoms with Crippen LogP contribution in [-0.4, -0.2) is 10.9 Å². The van der Waals surface area contributed by atoms with Crippen LogP contribution in [0.1, 0.15) is 10.4 Å². The van der Waals surface area contributed by atoms with Crippen LogP contribution >= 0.6 is 11.6 Å². The summed E-state index contributed by atoms with van der Waals surface area (Å²) in [7, 11) is 0. The van der Waals surface area contributed by atoms with E-state index >= 15 is 0 Å². The lowest BCUT2D eigenvalue weighted by Crippen LogP contribution is -2.13. The first-order valence-corrected chi connectivity index (χ1v) is 5.42. The molecule has 1 aromatic heterocycles. The van der Waals surface area contributed by atoms with Crippen molar-refractivity contribution in [2.24, 2.45) is 5.73 Å². The zero-order valence-electron chi connectivity index (χ0n) is 9.26. The Balaban J connectivity index is 2.47. The van der Waals surface area contributed by atoms with Crippen LogP contribution in [0.3, 0.4) is 0 Å². The third-order valence-corrected chi connectivity index (χ3v) is 2.47. The van der Waals surface area contributed by atoms with Crippen molar-refractivity contribution in [3.8, 4) is 11.5 Å². The molecule has 0 aliphatic heterocycles. The Morgan fingerprint density at radius 3 is 2.78 bits per heavy atom. The third kappa shape index (κ3) is 2.52. The highest BCUT2D eigenvalue weighted by molar-refractivity contribution is 6.33. The summed E-state index contributed by atoms with van der Waals surface area (Å²) in [5.74, 6) is -0.0406. The van der Waals surface area contributed by atoms with Gasteiger partial charge in [-0.15, -0.1) is 0 Å². The van der Waals surface area contributed by atoms with Gasteiger partial charge in [-0.3, -0.25) is 9.78 Å². The van der Waals surface area contributed by atoms with Crippen molar-refractivity contribution in [3.63, 3.8) is 0 Å². The molecule has 2 aromatic rings. The Bertz CT molecular complexity index is 587. The number of nitrogens with zero attached hydrogens (tertiary/aromatic N) is 1. The van der Waals surface area contributed by atoms with E-state index in [2.05, 4.69) is 4.98 Å². The summed E-state index contributed by atoms with van der Waals surface area (Å²) < 4.78 is 5.51. The van der Waals surface area contributed by atoms with Gasteiger partial charge in [-0.1, -0.05) is 11.6 Å². The second-order valence-electron chi connectivity index (χ2n) is 3.53. The average molecular weight is 264 g/mol. The highest BCUT2D eigenvalue weighted by Gasteiger charge is 2.15. The number of rotatable bonds is 3. The number of nitrogens with two attached hydrogens (primary N) is 2. The van der Waals surface area contributed by atoms with Crippen molar-refractivity contribution in [1.82, 2.24) is 4.98 Å².